The number of benzene rings is 2. The first-order chi connectivity index (χ1) is 14.0. The summed E-state index contributed by atoms with van der Waals surface area (Å²) < 4.78 is 10.6. The summed E-state index contributed by atoms with van der Waals surface area (Å²) in [6.07, 6.45) is 4.45. The summed E-state index contributed by atoms with van der Waals surface area (Å²) in [6.45, 7) is 13.1. The quantitative estimate of drug-likeness (QED) is 0.488. The van der Waals surface area contributed by atoms with Gasteiger partial charge in [-0.05, 0) is 59.1 Å². The van der Waals surface area contributed by atoms with Gasteiger partial charge in [0.15, 0.2) is 0 Å². The van der Waals surface area contributed by atoms with Gasteiger partial charge < -0.3 is 19.7 Å². The SMILES string of the molecule is CCCC(C)(C)c1cc(O)cc(O)c1.CCCC(C)(C)c1cc(OC)cc(OC)c1. The lowest BCUT2D eigenvalue weighted by Gasteiger charge is -2.25. The van der Waals surface area contributed by atoms with Crippen LogP contribution in [0.15, 0.2) is 36.4 Å². The van der Waals surface area contributed by atoms with Crippen molar-refractivity contribution in [1.29, 1.82) is 0 Å². The van der Waals surface area contributed by atoms with Crippen LogP contribution in [0.2, 0.25) is 0 Å². The fraction of sp³-hybridized carbons (Fsp3) is 0.538. The van der Waals surface area contributed by atoms with E-state index < -0.39 is 0 Å². The van der Waals surface area contributed by atoms with Gasteiger partial charge in [-0.25, -0.2) is 0 Å². The number of rotatable bonds is 8. The molecule has 0 unspecified atom stereocenters. The van der Waals surface area contributed by atoms with Crippen LogP contribution in [-0.2, 0) is 10.8 Å². The van der Waals surface area contributed by atoms with E-state index >= 15 is 0 Å². The molecule has 0 atom stereocenters. The van der Waals surface area contributed by atoms with E-state index in [1.54, 1.807) is 26.4 Å². The van der Waals surface area contributed by atoms with Crippen LogP contribution in [0.4, 0.5) is 0 Å². The van der Waals surface area contributed by atoms with Crippen molar-refractivity contribution >= 4 is 0 Å². The van der Waals surface area contributed by atoms with Crippen molar-refractivity contribution in [1.82, 2.24) is 0 Å². The molecule has 0 aliphatic heterocycles. The average molecular weight is 417 g/mol. The van der Waals surface area contributed by atoms with Gasteiger partial charge in [-0.2, -0.15) is 0 Å². The summed E-state index contributed by atoms with van der Waals surface area (Å²) in [5.74, 6) is 1.98. The molecule has 4 nitrogen and oxygen atoms in total. The third-order valence-electron chi connectivity index (χ3n) is 5.57. The standard InChI is InChI=1S/C14H22O2.C12H18O2/c1-6-7-14(2,3)11-8-12(15-4)10-13(9-11)16-5;1-4-5-12(2,3)9-6-10(13)8-11(14)7-9/h8-10H,6-7H2,1-5H3;6-8,13-14H,4-5H2,1-3H3. The van der Waals surface area contributed by atoms with Crippen LogP contribution >= 0.6 is 0 Å². The Balaban J connectivity index is 0.000000303. The largest absolute Gasteiger partial charge is 0.508 e. The first kappa shape index (κ1) is 25.7. The molecular formula is C26H40O4. The normalized spacial score (nSPS) is 11.5. The summed E-state index contributed by atoms with van der Waals surface area (Å²) in [7, 11) is 3.37. The zero-order valence-corrected chi connectivity index (χ0v) is 20.0. The molecule has 4 heteroatoms. The second-order valence-corrected chi connectivity index (χ2v) is 9.11. The highest BCUT2D eigenvalue weighted by atomic mass is 16.5. The zero-order valence-electron chi connectivity index (χ0n) is 20.0. The molecule has 0 aliphatic rings. The van der Waals surface area contributed by atoms with Crippen LogP contribution in [0.5, 0.6) is 23.0 Å². The van der Waals surface area contributed by atoms with E-state index in [0.717, 1.165) is 36.3 Å². The van der Waals surface area contributed by atoms with E-state index in [1.165, 1.54) is 18.1 Å². The maximum Gasteiger partial charge on any atom is 0.122 e. The topological polar surface area (TPSA) is 58.9 Å². The Labute approximate surface area is 182 Å². The molecule has 0 heterocycles. The first-order valence-electron chi connectivity index (χ1n) is 10.8. The van der Waals surface area contributed by atoms with Crippen LogP contribution in [0.3, 0.4) is 0 Å². The third kappa shape index (κ3) is 7.47. The summed E-state index contributed by atoms with van der Waals surface area (Å²) in [4.78, 5) is 0. The van der Waals surface area contributed by atoms with Crippen molar-refractivity contribution in [3.63, 3.8) is 0 Å². The third-order valence-corrected chi connectivity index (χ3v) is 5.57. The van der Waals surface area contributed by atoms with Gasteiger partial charge in [0.25, 0.3) is 0 Å². The van der Waals surface area contributed by atoms with E-state index in [4.69, 9.17) is 9.47 Å². The summed E-state index contributed by atoms with van der Waals surface area (Å²) in [5.41, 5.74) is 2.42. The molecule has 0 spiro atoms. The van der Waals surface area contributed by atoms with Gasteiger partial charge in [0.05, 0.1) is 14.2 Å². The second-order valence-electron chi connectivity index (χ2n) is 9.11. The number of ether oxygens (including phenoxy) is 2. The fourth-order valence-corrected chi connectivity index (χ4v) is 3.72. The van der Waals surface area contributed by atoms with Crippen molar-refractivity contribution in [3.05, 3.63) is 47.5 Å². The summed E-state index contributed by atoms with van der Waals surface area (Å²) in [6, 6.07) is 10.9. The molecule has 168 valence electrons. The first-order valence-corrected chi connectivity index (χ1v) is 10.8. The molecule has 0 aromatic heterocycles. The Morgan fingerprint density at radius 1 is 0.633 bits per heavy atom. The molecule has 2 N–H and O–H groups in total. The molecule has 0 radical (unpaired) electrons. The number of hydrogen-bond acceptors (Lipinski definition) is 4. The maximum atomic E-state index is 9.37. The molecule has 0 amide bonds. The average Bonchev–Trinajstić information content (AvgIpc) is 2.67. The second kappa shape index (κ2) is 11.1. The molecule has 2 aromatic carbocycles. The lowest BCUT2D eigenvalue weighted by molar-refractivity contribution is 0.387. The van der Waals surface area contributed by atoms with Crippen LogP contribution in [0.1, 0.15) is 78.4 Å². The molecule has 2 rings (SSSR count). The Kier molecular flexibility index (Phi) is 9.54. The fourth-order valence-electron chi connectivity index (χ4n) is 3.72. The molecule has 0 saturated carbocycles. The zero-order chi connectivity index (χ0) is 22.9. The van der Waals surface area contributed by atoms with Gasteiger partial charge in [-0.15, -0.1) is 0 Å². The smallest absolute Gasteiger partial charge is 0.122 e. The lowest BCUT2D eigenvalue weighted by Crippen LogP contribution is -2.16. The van der Waals surface area contributed by atoms with Gasteiger partial charge in [-0.3, -0.25) is 0 Å². The number of phenolic OH excluding ortho intramolecular Hbond substituents is 2. The Bertz CT molecular complexity index is 751. The Morgan fingerprint density at radius 3 is 1.33 bits per heavy atom. The van der Waals surface area contributed by atoms with Gasteiger partial charge in [0, 0.05) is 12.1 Å². The number of phenols is 2. The highest BCUT2D eigenvalue weighted by Crippen LogP contribution is 2.34. The molecule has 30 heavy (non-hydrogen) atoms. The van der Waals surface area contributed by atoms with Gasteiger partial charge in [0.1, 0.15) is 23.0 Å². The Hall–Kier alpha value is -2.36. The van der Waals surface area contributed by atoms with Crippen LogP contribution in [0, 0.1) is 0 Å². The van der Waals surface area contributed by atoms with E-state index in [-0.39, 0.29) is 22.3 Å². The van der Waals surface area contributed by atoms with Gasteiger partial charge in [-0.1, -0.05) is 54.4 Å². The van der Waals surface area contributed by atoms with Crippen molar-refractivity contribution in [2.45, 2.75) is 78.1 Å². The minimum absolute atomic E-state index is 0.00493. The van der Waals surface area contributed by atoms with Crippen molar-refractivity contribution in [2.24, 2.45) is 0 Å². The maximum absolute atomic E-state index is 9.37. The van der Waals surface area contributed by atoms with Crippen LogP contribution in [0.25, 0.3) is 0 Å². The predicted octanol–water partition coefficient (Wildman–Crippen LogP) is 6.96. The van der Waals surface area contributed by atoms with Crippen molar-refractivity contribution in [2.75, 3.05) is 14.2 Å². The van der Waals surface area contributed by atoms with Gasteiger partial charge >= 0.3 is 0 Å². The summed E-state index contributed by atoms with van der Waals surface area (Å²) in [5, 5.41) is 18.7. The van der Waals surface area contributed by atoms with E-state index in [9.17, 15) is 10.2 Å². The molecule has 0 bridgehead atoms. The minimum Gasteiger partial charge on any atom is -0.508 e. The predicted molar refractivity (Wildman–Crippen MR) is 125 cm³/mol. The minimum atomic E-state index is 0.00493. The Morgan fingerprint density at radius 2 is 1.00 bits per heavy atom. The van der Waals surface area contributed by atoms with Crippen LogP contribution in [-0.4, -0.2) is 24.4 Å². The number of methoxy groups -OCH3 is 2. The highest BCUT2D eigenvalue weighted by Gasteiger charge is 2.21. The van der Waals surface area contributed by atoms with Crippen molar-refractivity contribution in [3.8, 4) is 23.0 Å². The van der Waals surface area contributed by atoms with E-state index in [0.29, 0.717) is 0 Å². The van der Waals surface area contributed by atoms with Crippen LogP contribution < -0.4 is 9.47 Å². The van der Waals surface area contributed by atoms with E-state index in [1.807, 2.05) is 6.07 Å². The lowest BCUT2D eigenvalue weighted by atomic mass is 9.80. The number of hydrogen-bond donors (Lipinski definition) is 2. The molecule has 2 aromatic rings. The summed E-state index contributed by atoms with van der Waals surface area (Å²) >= 11 is 0. The monoisotopic (exact) mass is 416 g/mol. The molecular weight excluding hydrogens is 376 g/mol. The molecule has 0 fully saturated rings. The van der Waals surface area contributed by atoms with E-state index in [2.05, 4.69) is 53.7 Å². The molecule has 0 saturated heterocycles. The van der Waals surface area contributed by atoms with Gasteiger partial charge in [0.2, 0.25) is 0 Å². The molecule has 0 aliphatic carbocycles. The van der Waals surface area contributed by atoms with Crippen molar-refractivity contribution < 1.29 is 19.7 Å². The number of aromatic hydroxyl groups is 2. The highest BCUT2D eigenvalue weighted by molar-refractivity contribution is 5.41.